The number of esters is 1. The Morgan fingerprint density at radius 2 is 1.44 bits per heavy atom. The van der Waals surface area contributed by atoms with Gasteiger partial charge in [-0.05, 0) is 6.42 Å². The van der Waals surface area contributed by atoms with Crippen LogP contribution in [0.25, 0.3) is 0 Å². The van der Waals surface area contributed by atoms with E-state index >= 15 is 0 Å². The van der Waals surface area contributed by atoms with Gasteiger partial charge in [0.2, 0.25) is 0 Å². The Morgan fingerprint density at radius 3 is 1.80 bits per heavy atom. The highest BCUT2D eigenvalue weighted by atomic mass is 35.5. The van der Waals surface area contributed by atoms with Gasteiger partial charge >= 0.3 is 11.9 Å². The number of ether oxygens (including phenoxy) is 1. The molecule has 25 heavy (non-hydrogen) atoms. The fourth-order valence-electron chi connectivity index (χ4n) is 2.37. The van der Waals surface area contributed by atoms with Crippen molar-refractivity contribution in [3.05, 3.63) is 31.2 Å². The number of imide groups is 1. The van der Waals surface area contributed by atoms with E-state index < -0.39 is 29.8 Å². The van der Waals surface area contributed by atoms with E-state index in [0.717, 1.165) is 7.11 Å². The molecule has 0 spiro atoms. The Kier molecular flexibility index (Phi) is 5.83. The Morgan fingerprint density at radius 1 is 1.00 bits per heavy atom. The van der Waals surface area contributed by atoms with Crippen molar-refractivity contribution in [2.24, 2.45) is 0 Å². The maximum Gasteiger partial charge on any atom is 0.326 e. The van der Waals surface area contributed by atoms with E-state index in [1.807, 2.05) is 0 Å². The molecule has 1 heterocycles. The summed E-state index contributed by atoms with van der Waals surface area (Å²) in [6.45, 7) is 0. The predicted molar refractivity (Wildman–Crippen MR) is 89.7 cm³/mol. The van der Waals surface area contributed by atoms with E-state index in [1.54, 1.807) is 0 Å². The smallest absolute Gasteiger partial charge is 0.326 e. The molecule has 0 saturated heterocycles. The van der Waals surface area contributed by atoms with Crippen LogP contribution in [-0.4, -0.2) is 46.9 Å². The molecule has 0 saturated carbocycles. The summed E-state index contributed by atoms with van der Waals surface area (Å²) in [5.74, 6) is -4.14. The summed E-state index contributed by atoms with van der Waals surface area (Å²) in [5.41, 5.74) is -0.647. The number of carbonyl (C=O) groups is 4. The summed E-state index contributed by atoms with van der Waals surface area (Å²) in [4.78, 5) is 48.4. The topological polar surface area (TPSA) is 101 Å². The van der Waals surface area contributed by atoms with E-state index in [-0.39, 0.29) is 44.1 Å². The molecule has 1 aliphatic rings. The summed E-state index contributed by atoms with van der Waals surface area (Å²) in [7, 11) is 1.13. The molecule has 0 aromatic heterocycles. The van der Waals surface area contributed by atoms with Crippen LogP contribution in [0.1, 0.15) is 33.6 Å². The number of halogens is 4. The fourth-order valence-corrected chi connectivity index (χ4v) is 3.38. The second-order valence-electron chi connectivity index (χ2n) is 4.96. The van der Waals surface area contributed by atoms with Gasteiger partial charge < -0.3 is 9.84 Å². The van der Waals surface area contributed by atoms with Gasteiger partial charge in [0.1, 0.15) is 6.04 Å². The minimum atomic E-state index is -1.61. The van der Waals surface area contributed by atoms with Gasteiger partial charge in [-0.1, -0.05) is 46.4 Å². The first kappa shape index (κ1) is 19.8. The van der Waals surface area contributed by atoms with Gasteiger partial charge in [-0.3, -0.25) is 19.3 Å². The first-order valence-electron chi connectivity index (χ1n) is 6.66. The third-order valence-corrected chi connectivity index (χ3v) is 5.38. The van der Waals surface area contributed by atoms with E-state index in [4.69, 9.17) is 46.4 Å². The average Bonchev–Trinajstić information content (AvgIpc) is 2.82. The molecule has 2 amide bonds. The Bertz CT molecular complexity index is 762. The molecule has 1 aromatic rings. The highest BCUT2D eigenvalue weighted by molar-refractivity contribution is 6.55. The Hall–Kier alpha value is -1.54. The largest absolute Gasteiger partial charge is 0.480 e. The van der Waals surface area contributed by atoms with E-state index in [2.05, 4.69) is 4.74 Å². The molecule has 0 aliphatic carbocycles. The number of hydrogen-bond donors (Lipinski definition) is 1. The van der Waals surface area contributed by atoms with Crippen molar-refractivity contribution < 1.29 is 29.0 Å². The molecule has 134 valence electrons. The predicted octanol–water partition coefficient (Wildman–Crippen LogP) is 3.30. The van der Waals surface area contributed by atoms with Crippen LogP contribution in [0.2, 0.25) is 20.1 Å². The number of rotatable bonds is 5. The number of hydrogen-bond acceptors (Lipinski definition) is 5. The van der Waals surface area contributed by atoms with Crippen molar-refractivity contribution in [1.29, 1.82) is 0 Å². The summed E-state index contributed by atoms with van der Waals surface area (Å²) in [6.07, 6.45) is -0.659. The van der Waals surface area contributed by atoms with Crippen LogP contribution in [0.4, 0.5) is 0 Å². The molecular formula is C14H9Cl4NO6. The van der Waals surface area contributed by atoms with Crippen molar-refractivity contribution in [3.63, 3.8) is 0 Å². The zero-order valence-electron chi connectivity index (χ0n) is 12.4. The standard InChI is InChI=1S/C14H9Cl4NO6/c1-25-5(20)3-2-4(14(23)24)19-12(21)6-7(13(19)22)9(16)11(18)10(17)8(6)15/h4H,2-3H2,1H3,(H,23,24)/t4-/m0/s1. The molecule has 2 rings (SSSR count). The number of methoxy groups -OCH3 is 1. The number of aliphatic carboxylic acids is 1. The molecule has 7 nitrogen and oxygen atoms in total. The molecule has 0 unspecified atom stereocenters. The molecule has 1 aliphatic heterocycles. The number of carbonyl (C=O) groups excluding carboxylic acids is 3. The lowest BCUT2D eigenvalue weighted by Crippen LogP contribution is -2.45. The van der Waals surface area contributed by atoms with Crippen molar-refractivity contribution in [2.75, 3.05) is 7.11 Å². The minimum absolute atomic E-state index is 0.225. The zero-order valence-corrected chi connectivity index (χ0v) is 15.5. The minimum Gasteiger partial charge on any atom is -0.480 e. The highest BCUT2D eigenvalue weighted by Gasteiger charge is 2.46. The van der Waals surface area contributed by atoms with Crippen molar-refractivity contribution in [1.82, 2.24) is 4.90 Å². The Balaban J connectivity index is 2.51. The van der Waals surface area contributed by atoms with Gasteiger partial charge in [-0.25, -0.2) is 4.79 Å². The first-order valence-corrected chi connectivity index (χ1v) is 8.18. The first-order chi connectivity index (χ1) is 11.6. The van der Waals surface area contributed by atoms with Crippen LogP contribution in [0.15, 0.2) is 0 Å². The molecule has 11 heteroatoms. The second kappa shape index (κ2) is 7.37. The summed E-state index contributed by atoms with van der Waals surface area (Å²) < 4.78 is 4.43. The van der Waals surface area contributed by atoms with Gasteiger partial charge in [0.15, 0.2) is 0 Å². The van der Waals surface area contributed by atoms with Gasteiger partial charge in [0.25, 0.3) is 11.8 Å². The SMILES string of the molecule is COC(=O)CC[C@@H](C(=O)O)N1C(=O)c2c(Cl)c(Cl)c(Cl)c(Cl)c2C1=O. The maximum absolute atomic E-state index is 12.6. The Labute approximate surface area is 161 Å². The number of nitrogens with zero attached hydrogens (tertiary/aromatic N) is 1. The molecular weight excluding hydrogens is 420 g/mol. The number of carboxylic acids is 1. The average molecular weight is 429 g/mol. The molecule has 1 aromatic carbocycles. The van der Waals surface area contributed by atoms with Crippen molar-refractivity contribution >= 4 is 70.2 Å². The lowest BCUT2D eigenvalue weighted by atomic mass is 10.1. The van der Waals surface area contributed by atoms with E-state index in [9.17, 15) is 24.3 Å². The lowest BCUT2D eigenvalue weighted by Gasteiger charge is -2.22. The van der Waals surface area contributed by atoms with Crippen LogP contribution < -0.4 is 0 Å². The van der Waals surface area contributed by atoms with Crippen LogP contribution in [0.3, 0.4) is 0 Å². The normalized spacial score (nSPS) is 14.5. The molecule has 0 bridgehead atoms. The summed E-state index contributed by atoms with van der Waals surface area (Å²) in [5, 5.41) is 8.31. The van der Waals surface area contributed by atoms with Crippen LogP contribution in [0.5, 0.6) is 0 Å². The van der Waals surface area contributed by atoms with Crippen LogP contribution in [-0.2, 0) is 14.3 Å². The number of amides is 2. The molecule has 1 atom stereocenters. The highest BCUT2D eigenvalue weighted by Crippen LogP contribution is 2.45. The van der Waals surface area contributed by atoms with Gasteiger partial charge in [0, 0.05) is 6.42 Å². The van der Waals surface area contributed by atoms with Crippen molar-refractivity contribution in [3.8, 4) is 0 Å². The number of benzene rings is 1. The van der Waals surface area contributed by atoms with Crippen LogP contribution >= 0.6 is 46.4 Å². The number of carboxylic acid groups (broad SMARTS) is 1. The molecule has 1 N–H and O–H groups in total. The molecule has 0 radical (unpaired) electrons. The lowest BCUT2D eigenvalue weighted by molar-refractivity contribution is -0.143. The fraction of sp³-hybridized carbons (Fsp3) is 0.286. The van der Waals surface area contributed by atoms with Crippen molar-refractivity contribution in [2.45, 2.75) is 18.9 Å². The maximum atomic E-state index is 12.6. The van der Waals surface area contributed by atoms with E-state index in [1.165, 1.54) is 0 Å². The van der Waals surface area contributed by atoms with E-state index in [0.29, 0.717) is 4.90 Å². The zero-order chi connectivity index (χ0) is 19.0. The summed E-state index contributed by atoms with van der Waals surface area (Å²) >= 11 is 23.7. The third kappa shape index (κ3) is 3.29. The molecule has 0 fully saturated rings. The monoisotopic (exact) mass is 427 g/mol. The van der Waals surface area contributed by atoms with Gasteiger partial charge in [-0.15, -0.1) is 0 Å². The second-order valence-corrected chi connectivity index (χ2v) is 6.47. The third-order valence-electron chi connectivity index (χ3n) is 3.58. The van der Waals surface area contributed by atoms with Crippen LogP contribution in [0, 0.1) is 0 Å². The van der Waals surface area contributed by atoms with Gasteiger partial charge in [-0.2, -0.15) is 0 Å². The summed E-state index contributed by atoms with van der Waals surface area (Å²) in [6, 6.07) is -1.61. The number of fused-ring (bicyclic) bond motifs is 1. The quantitative estimate of drug-likeness (QED) is 0.334. The van der Waals surface area contributed by atoms with Gasteiger partial charge in [0.05, 0.1) is 38.3 Å².